The zero-order valence-electron chi connectivity index (χ0n) is 15.1. The average molecular weight is 376 g/mol. The number of hydrogen-bond donors (Lipinski definition) is 3. The van der Waals surface area contributed by atoms with Crippen LogP contribution in [-0.4, -0.2) is 17.9 Å². The Hall–Kier alpha value is -2.53. The number of carbonyl (C=O) groups is 2. The van der Waals surface area contributed by atoms with Gasteiger partial charge in [-0.2, -0.15) is 0 Å². The van der Waals surface area contributed by atoms with Crippen molar-refractivity contribution in [3.63, 3.8) is 0 Å². The molecule has 0 aliphatic carbocycles. The number of amides is 2. The van der Waals surface area contributed by atoms with Crippen LogP contribution >= 0.6 is 12.4 Å². The van der Waals surface area contributed by atoms with Gasteiger partial charge in [0.2, 0.25) is 5.91 Å². The molecule has 5 nitrogen and oxygen atoms in total. The lowest BCUT2D eigenvalue weighted by Crippen LogP contribution is -2.32. The molecule has 1 unspecified atom stereocenters. The number of rotatable bonds is 7. The summed E-state index contributed by atoms with van der Waals surface area (Å²) in [4.78, 5) is 24.2. The van der Waals surface area contributed by atoms with Gasteiger partial charge in [0, 0.05) is 23.8 Å². The number of halogens is 1. The van der Waals surface area contributed by atoms with Crippen molar-refractivity contribution in [3.05, 3.63) is 65.2 Å². The Morgan fingerprint density at radius 1 is 1.08 bits per heavy atom. The molecule has 0 spiro atoms. The number of nitrogens with two attached hydrogens (primary N) is 1. The fourth-order valence-electron chi connectivity index (χ4n) is 2.32. The van der Waals surface area contributed by atoms with Crippen LogP contribution in [0.5, 0.6) is 0 Å². The normalized spacial score (nSPS) is 11.2. The summed E-state index contributed by atoms with van der Waals surface area (Å²) in [6.45, 7) is 4.38. The SMILES string of the molecule is CCC(C)NC(=O)c1cccc(CNC(=O)Cc2ccc(N)cc2)c1.Cl. The molecule has 0 saturated carbocycles. The van der Waals surface area contributed by atoms with Crippen molar-refractivity contribution in [2.45, 2.75) is 39.3 Å². The van der Waals surface area contributed by atoms with Gasteiger partial charge in [0.15, 0.2) is 0 Å². The summed E-state index contributed by atoms with van der Waals surface area (Å²) in [6.07, 6.45) is 1.18. The molecule has 0 heterocycles. The van der Waals surface area contributed by atoms with Crippen molar-refractivity contribution < 1.29 is 9.59 Å². The van der Waals surface area contributed by atoms with Crippen LogP contribution in [0.25, 0.3) is 0 Å². The quantitative estimate of drug-likeness (QED) is 0.650. The van der Waals surface area contributed by atoms with E-state index < -0.39 is 0 Å². The molecule has 2 aromatic rings. The molecule has 2 amide bonds. The number of hydrogen-bond acceptors (Lipinski definition) is 3. The van der Waals surface area contributed by atoms with Crippen LogP contribution < -0.4 is 16.4 Å². The van der Waals surface area contributed by atoms with Gasteiger partial charge in [-0.3, -0.25) is 9.59 Å². The third-order valence-electron chi connectivity index (χ3n) is 4.01. The van der Waals surface area contributed by atoms with Crippen LogP contribution in [0.15, 0.2) is 48.5 Å². The van der Waals surface area contributed by atoms with Crippen molar-refractivity contribution >= 4 is 29.9 Å². The standard InChI is InChI=1S/C20H25N3O2.ClH/c1-3-14(2)23-20(25)17-6-4-5-16(11-17)13-22-19(24)12-15-7-9-18(21)10-8-15;/h4-11,14H,3,12-13,21H2,1-2H3,(H,22,24)(H,23,25);1H. The molecular weight excluding hydrogens is 350 g/mol. The highest BCUT2D eigenvalue weighted by atomic mass is 35.5. The molecule has 0 aromatic heterocycles. The van der Waals surface area contributed by atoms with Crippen molar-refractivity contribution in [2.75, 3.05) is 5.73 Å². The van der Waals surface area contributed by atoms with Gasteiger partial charge in [0.05, 0.1) is 6.42 Å². The van der Waals surface area contributed by atoms with Crippen LogP contribution in [0.2, 0.25) is 0 Å². The smallest absolute Gasteiger partial charge is 0.251 e. The molecule has 4 N–H and O–H groups in total. The van der Waals surface area contributed by atoms with E-state index in [-0.39, 0.29) is 30.3 Å². The minimum absolute atomic E-state index is 0. The van der Waals surface area contributed by atoms with Crippen molar-refractivity contribution in [3.8, 4) is 0 Å². The molecule has 140 valence electrons. The Morgan fingerprint density at radius 2 is 1.77 bits per heavy atom. The largest absolute Gasteiger partial charge is 0.399 e. The first kappa shape index (κ1) is 21.5. The molecule has 2 aromatic carbocycles. The first-order chi connectivity index (χ1) is 12.0. The summed E-state index contributed by atoms with van der Waals surface area (Å²) < 4.78 is 0. The zero-order valence-corrected chi connectivity index (χ0v) is 15.9. The second-order valence-electron chi connectivity index (χ2n) is 6.18. The lowest BCUT2D eigenvalue weighted by molar-refractivity contribution is -0.120. The Bertz CT molecular complexity index is 732. The van der Waals surface area contributed by atoms with Crippen LogP contribution in [0.4, 0.5) is 5.69 Å². The third kappa shape index (κ3) is 6.76. The number of carbonyl (C=O) groups excluding carboxylic acids is 2. The van der Waals surface area contributed by atoms with Gasteiger partial charge in [-0.15, -0.1) is 12.4 Å². The molecule has 0 fully saturated rings. The van der Waals surface area contributed by atoms with E-state index in [1.807, 2.05) is 38.1 Å². The number of nitrogens with one attached hydrogen (secondary N) is 2. The first-order valence-electron chi connectivity index (χ1n) is 8.49. The van der Waals surface area contributed by atoms with E-state index in [2.05, 4.69) is 10.6 Å². The maximum Gasteiger partial charge on any atom is 0.251 e. The summed E-state index contributed by atoms with van der Waals surface area (Å²) >= 11 is 0. The van der Waals surface area contributed by atoms with E-state index in [4.69, 9.17) is 5.73 Å². The average Bonchev–Trinajstić information content (AvgIpc) is 2.62. The second-order valence-corrected chi connectivity index (χ2v) is 6.18. The first-order valence-corrected chi connectivity index (χ1v) is 8.49. The van der Waals surface area contributed by atoms with Gasteiger partial charge >= 0.3 is 0 Å². The van der Waals surface area contributed by atoms with E-state index in [0.29, 0.717) is 24.2 Å². The summed E-state index contributed by atoms with van der Waals surface area (Å²) in [6, 6.07) is 14.7. The fourth-order valence-corrected chi connectivity index (χ4v) is 2.32. The Labute approximate surface area is 160 Å². The predicted molar refractivity (Wildman–Crippen MR) is 107 cm³/mol. The molecular formula is C20H26ClN3O2. The lowest BCUT2D eigenvalue weighted by atomic mass is 10.1. The Kier molecular flexibility index (Phi) is 8.65. The molecule has 0 radical (unpaired) electrons. The molecule has 0 aliphatic rings. The van der Waals surface area contributed by atoms with Gasteiger partial charge in [-0.1, -0.05) is 31.2 Å². The van der Waals surface area contributed by atoms with E-state index >= 15 is 0 Å². The number of benzene rings is 2. The molecule has 1 atom stereocenters. The Balaban J connectivity index is 0.00000338. The third-order valence-corrected chi connectivity index (χ3v) is 4.01. The van der Waals surface area contributed by atoms with E-state index in [0.717, 1.165) is 17.5 Å². The van der Waals surface area contributed by atoms with Gasteiger partial charge in [-0.25, -0.2) is 0 Å². The summed E-state index contributed by atoms with van der Waals surface area (Å²) in [5.74, 6) is -0.163. The lowest BCUT2D eigenvalue weighted by Gasteiger charge is -2.12. The van der Waals surface area contributed by atoms with Crippen LogP contribution in [0.1, 0.15) is 41.8 Å². The molecule has 0 aliphatic heterocycles. The summed E-state index contributed by atoms with van der Waals surface area (Å²) in [5, 5.41) is 5.82. The monoisotopic (exact) mass is 375 g/mol. The minimum atomic E-state index is -0.0931. The van der Waals surface area contributed by atoms with Crippen molar-refractivity contribution in [1.82, 2.24) is 10.6 Å². The highest BCUT2D eigenvalue weighted by Gasteiger charge is 2.09. The van der Waals surface area contributed by atoms with Crippen LogP contribution in [0.3, 0.4) is 0 Å². The molecule has 26 heavy (non-hydrogen) atoms. The fraction of sp³-hybridized carbons (Fsp3) is 0.300. The van der Waals surface area contributed by atoms with Gasteiger partial charge in [-0.05, 0) is 48.7 Å². The van der Waals surface area contributed by atoms with E-state index in [1.165, 1.54) is 0 Å². The van der Waals surface area contributed by atoms with Crippen LogP contribution in [-0.2, 0) is 17.8 Å². The van der Waals surface area contributed by atoms with Gasteiger partial charge < -0.3 is 16.4 Å². The maximum atomic E-state index is 12.2. The predicted octanol–water partition coefficient (Wildman–Crippen LogP) is 3.08. The molecule has 6 heteroatoms. The number of nitrogen functional groups attached to an aromatic ring is 1. The highest BCUT2D eigenvalue weighted by molar-refractivity contribution is 5.94. The minimum Gasteiger partial charge on any atom is -0.399 e. The van der Waals surface area contributed by atoms with E-state index in [1.54, 1.807) is 24.3 Å². The summed E-state index contributed by atoms with van der Waals surface area (Å²) in [5.41, 5.74) is 8.72. The maximum absolute atomic E-state index is 12.2. The number of anilines is 1. The molecule has 2 rings (SSSR count). The molecule has 0 bridgehead atoms. The second kappa shape index (κ2) is 10.5. The van der Waals surface area contributed by atoms with Crippen LogP contribution in [0, 0.1) is 0 Å². The highest BCUT2D eigenvalue weighted by Crippen LogP contribution is 2.08. The van der Waals surface area contributed by atoms with Crippen molar-refractivity contribution in [2.24, 2.45) is 0 Å². The Morgan fingerprint density at radius 3 is 2.42 bits per heavy atom. The van der Waals surface area contributed by atoms with E-state index in [9.17, 15) is 9.59 Å². The van der Waals surface area contributed by atoms with Gasteiger partial charge in [0.1, 0.15) is 0 Å². The van der Waals surface area contributed by atoms with Gasteiger partial charge in [0.25, 0.3) is 5.91 Å². The molecule has 0 saturated heterocycles. The zero-order chi connectivity index (χ0) is 18.2. The summed E-state index contributed by atoms with van der Waals surface area (Å²) in [7, 11) is 0. The van der Waals surface area contributed by atoms with Crippen molar-refractivity contribution in [1.29, 1.82) is 0 Å². The topological polar surface area (TPSA) is 84.2 Å².